The number of piperidine rings is 1. The van der Waals surface area contributed by atoms with E-state index in [4.69, 9.17) is 0 Å². The van der Waals surface area contributed by atoms with E-state index in [1.54, 1.807) is 6.92 Å². The van der Waals surface area contributed by atoms with Crippen molar-refractivity contribution in [3.05, 3.63) is 29.6 Å². The maximum absolute atomic E-state index is 13.0. The van der Waals surface area contributed by atoms with Crippen molar-refractivity contribution in [2.24, 2.45) is 0 Å². The van der Waals surface area contributed by atoms with E-state index in [2.05, 4.69) is 10.0 Å². The third-order valence-electron chi connectivity index (χ3n) is 3.05. The first-order valence-electron chi connectivity index (χ1n) is 5.98. The SMILES string of the molecule is Cc1cc(F)ccc1S(=O)(=O)N[C@@H]1CCCNC1.Cl. The van der Waals surface area contributed by atoms with Crippen molar-refractivity contribution >= 4 is 22.4 Å². The number of hydrogen-bond donors (Lipinski definition) is 2. The topological polar surface area (TPSA) is 58.2 Å². The lowest BCUT2D eigenvalue weighted by molar-refractivity contribution is 0.428. The molecule has 2 N–H and O–H groups in total. The molecule has 0 radical (unpaired) electrons. The van der Waals surface area contributed by atoms with Crippen molar-refractivity contribution in [3.63, 3.8) is 0 Å². The first-order valence-corrected chi connectivity index (χ1v) is 7.46. The number of rotatable bonds is 3. The van der Waals surface area contributed by atoms with Crippen molar-refractivity contribution in [2.75, 3.05) is 13.1 Å². The molecule has 0 unspecified atom stereocenters. The Morgan fingerprint density at radius 3 is 2.74 bits per heavy atom. The van der Waals surface area contributed by atoms with E-state index < -0.39 is 15.8 Å². The minimum Gasteiger partial charge on any atom is -0.315 e. The number of benzene rings is 1. The molecule has 0 aromatic heterocycles. The number of halogens is 2. The third kappa shape index (κ3) is 4.14. The highest BCUT2D eigenvalue weighted by molar-refractivity contribution is 7.89. The number of nitrogens with one attached hydrogen (secondary N) is 2. The molecule has 4 nitrogen and oxygen atoms in total. The molecule has 2 rings (SSSR count). The number of hydrogen-bond acceptors (Lipinski definition) is 3. The van der Waals surface area contributed by atoms with Gasteiger partial charge in [-0.1, -0.05) is 0 Å². The van der Waals surface area contributed by atoms with Gasteiger partial charge in [-0.15, -0.1) is 12.4 Å². The molecular formula is C12H18ClFN2O2S. The summed E-state index contributed by atoms with van der Waals surface area (Å²) in [6.45, 7) is 3.16. The van der Waals surface area contributed by atoms with Crippen molar-refractivity contribution in [3.8, 4) is 0 Å². The molecule has 1 aliphatic heterocycles. The predicted molar refractivity (Wildman–Crippen MR) is 74.6 cm³/mol. The van der Waals surface area contributed by atoms with Gasteiger partial charge in [0.2, 0.25) is 10.0 Å². The van der Waals surface area contributed by atoms with Gasteiger partial charge in [0.05, 0.1) is 4.90 Å². The van der Waals surface area contributed by atoms with Crippen molar-refractivity contribution < 1.29 is 12.8 Å². The molecule has 1 heterocycles. The van der Waals surface area contributed by atoms with Crippen LogP contribution in [0.15, 0.2) is 23.1 Å². The van der Waals surface area contributed by atoms with Gasteiger partial charge in [0.25, 0.3) is 0 Å². The van der Waals surface area contributed by atoms with Crippen LogP contribution in [0.4, 0.5) is 4.39 Å². The van der Waals surface area contributed by atoms with E-state index >= 15 is 0 Å². The van der Waals surface area contributed by atoms with Crippen LogP contribution in [-0.2, 0) is 10.0 Å². The van der Waals surface area contributed by atoms with E-state index in [9.17, 15) is 12.8 Å². The van der Waals surface area contributed by atoms with Crippen LogP contribution in [0.25, 0.3) is 0 Å². The van der Waals surface area contributed by atoms with Crippen LogP contribution in [0.5, 0.6) is 0 Å². The van der Waals surface area contributed by atoms with Crippen LogP contribution < -0.4 is 10.0 Å². The molecule has 1 aromatic rings. The zero-order valence-electron chi connectivity index (χ0n) is 10.6. The smallest absolute Gasteiger partial charge is 0.241 e. The lowest BCUT2D eigenvalue weighted by Crippen LogP contribution is -2.45. The standard InChI is InChI=1S/C12H17FN2O2S.ClH/c1-9-7-10(13)4-5-12(9)18(16,17)15-11-3-2-6-14-8-11;/h4-5,7,11,14-15H,2-3,6,8H2,1H3;1H/t11-;/m1./s1. The lowest BCUT2D eigenvalue weighted by Gasteiger charge is -2.24. The largest absolute Gasteiger partial charge is 0.315 e. The van der Waals surface area contributed by atoms with E-state index in [1.807, 2.05) is 0 Å². The Morgan fingerprint density at radius 1 is 1.42 bits per heavy atom. The van der Waals surface area contributed by atoms with Gasteiger partial charge < -0.3 is 5.32 Å². The van der Waals surface area contributed by atoms with Crippen LogP contribution in [0, 0.1) is 12.7 Å². The van der Waals surface area contributed by atoms with Gasteiger partial charge >= 0.3 is 0 Å². The van der Waals surface area contributed by atoms with Gasteiger partial charge in [0, 0.05) is 12.6 Å². The first kappa shape index (κ1) is 16.4. The molecule has 0 aliphatic carbocycles. The summed E-state index contributed by atoms with van der Waals surface area (Å²) in [7, 11) is -3.56. The van der Waals surface area contributed by atoms with Gasteiger partial charge in [-0.2, -0.15) is 0 Å². The summed E-state index contributed by atoms with van der Waals surface area (Å²) < 4.78 is 40.0. The molecule has 108 valence electrons. The molecule has 0 saturated carbocycles. The Hall–Kier alpha value is -0.690. The van der Waals surface area contributed by atoms with Crippen LogP contribution in [-0.4, -0.2) is 27.5 Å². The second-order valence-corrected chi connectivity index (χ2v) is 6.26. The first-order chi connectivity index (χ1) is 8.49. The van der Waals surface area contributed by atoms with E-state index in [0.717, 1.165) is 19.4 Å². The highest BCUT2D eigenvalue weighted by Gasteiger charge is 2.23. The van der Waals surface area contributed by atoms with E-state index in [1.165, 1.54) is 18.2 Å². The predicted octanol–water partition coefficient (Wildman–Crippen LogP) is 1.59. The molecule has 1 atom stereocenters. The second-order valence-electron chi connectivity index (χ2n) is 4.57. The summed E-state index contributed by atoms with van der Waals surface area (Å²) in [5.41, 5.74) is 0.422. The minimum atomic E-state index is -3.56. The minimum absolute atomic E-state index is 0. The van der Waals surface area contributed by atoms with Crippen LogP contribution >= 0.6 is 12.4 Å². The second kappa shape index (κ2) is 6.65. The molecule has 1 aromatic carbocycles. The molecule has 0 bridgehead atoms. The summed E-state index contributed by atoms with van der Waals surface area (Å²) in [4.78, 5) is 0.148. The van der Waals surface area contributed by atoms with Crippen molar-refractivity contribution in [2.45, 2.75) is 30.7 Å². The maximum atomic E-state index is 13.0. The molecule has 0 amide bonds. The van der Waals surface area contributed by atoms with Gasteiger partial charge in [-0.05, 0) is 50.1 Å². The lowest BCUT2D eigenvalue weighted by atomic mass is 10.1. The quantitative estimate of drug-likeness (QED) is 0.891. The fourth-order valence-corrected chi connectivity index (χ4v) is 3.65. The molecular weight excluding hydrogens is 291 g/mol. The Bertz CT molecular complexity index is 531. The summed E-state index contributed by atoms with van der Waals surface area (Å²) in [5, 5.41) is 3.15. The Labute approximate surface area is 119 Å². The monoisotopic (exact) mass is 308 g/mol. The fraction of sp³-hybridized carbons (Fsp3) is 0.500. The summed E-state index contributed by atoms with van der Waals surface area (Å²) >= 11 is 0. The number of sulfonamides is 1. The highest BCUT2D eigenvalue weighted by Crippen LogP contribution is 2.17. The van der Waals surface area contributed by atoms with Crippen molar-refractivity contribution in [1.29, 1.82) is 0 Å². The Balaban J connectivity index is 0.00000180. The van der Waals surface area contributed by atoms with Crippen molar-refractivity contribution in [1.82, 2.24) is 10.0 Å². The highest BCUT2D eigenvalue weighted by atomic mass is 35.5. The molecule has 19 heavy (non-hydrogen) atoms. The zero-order valence-corrected chi connectivity index (χ0v) is 12.3. The molecule has 1 saturated heterocycles. The van der Waals surface area contributed by atoms with E-state index in [0.29, 0.717) is 12.1 Å². The zero-order chi connectivity index (χ0) is 13.2. The maximum Gasteiger partial charge on any atom is 0.241 e. The average Bonchev–Trinajstić information content (AvgIpc) is 2.29. The van der Waals surface area contributed by atoms with Gasteiger partial charge in [-0.25, -0.2) is 17.5 Å². The van der Waals surface area contributed by atoms with Gasteiger partial charge in [0.1, 0.15) is 5.82 Å². The molecule has 7 heteroatoms. The fourth-order valence-electron chi connectivity index (χ4n) is 2.15. The Morgan fingerprint density at radius 2 is 2.16 bits per heavy atom. The number of aryl methyl sites for hydroxylation is 1. The third-order valence-corrected chi connectivity index (χ3v) is 4.73. The van der Waals surface area contributed by atoms with Crippen LogP contribution in [0.2, 0.25) is 0 Å². The normalized spacial score (nSPS) is 19.8. The average molecular weight is 309 g/mol. The summed E-state index contributed by atoms with van der Waals surface area (Å²) in [6, 6.07) is 3.62. The molecule has 1 aliphatic rings. The van der Waals surface area contributed by atoms with Gasteiger partial charge in [0.15, 0.2) is 0 Å². The Kier molecular flexibility index (Phi) is 5.73. The van der Waals surface area contributed by atoms with Gasteiger partial charge in [-0.3, -0.25) is 0 Å². The van der Waals surface area contributed by atoms with Crippen LogP contribution in [0.3, 0.4) is 0 Å². The summed E-state index contributed by atoms with van der Waals surface area (Å²) in [5.74, 6) is -0.425. The molecule has 1 fully saturated rings. The summed E-state index contributed by atoms with van der Waals surface area (Å²) in [6.07, 6.45) is 1.78. The van der Waals surface area contributed by atoms with Crippen LogP contribution in [0.1, 0.15) is 18.4 Å². The molecule has 0 spiro atoms. The van der Waals surface area contributed by atoms with E-state index in [-0.39, 0.29) is 23.3 Å².